The van der Waals surface area contributed by atoms with Gasteiger partial charge in [-0.15, -0.1) is 0 Å². The largest absolute Gasteiger partial charge is 0.493 e. The van der Waals surface area contributed by atoms with Gasteiger partial charge in [-0.05, 0) is 42.5 Å². The van der Waals surface area contributed by atoms with Crippen molar-refractivity contribution < 1.29 is 4.74 Å². The lowest BCUT2D eigenvalue weighted by Gasteiger charge is -2.11. The summed E-state index contributed by atoms with van der Waals surface area (Å²) in [5.74, 6) is 1.14. The average Bonchev–Trinajstić information content (AvgIpc) is 2.73. The molecule has 0 amide bonds. The second-order valence-electron chi connectivity index (χ2n) is 4.20. The van der Waals surface area contributed by atoms with Crippen LogP contribution >= 0.6 is 31.9 Å². The van der Waals surface area contributed by atoms with Crippen LogP contribution in [0.5, 0.6) is 5.75 Å². The zero-order valence-corrected chi connectivity index (χ0v) is 12.6. The molecule has 0 aromatic heterocycles. The maximum atomic E-state index is 5.71. The minimum atomic E-state index is 0.614. The molecule has 3 heteroatoms. The summed E-state index contributed by atoms with van der Waals surface area (Å²) in [5.41, 5.74) is 2.70. The minimum absolute atomic E-state index is 0.614. The van der Waals surface area contributed by atoms with E-state index in [0.29, 0.717) is 4.83 Å². The van der Waals surface area contributed by atoms with Gasteiger partial charge in [0.05, 0.1) is 6.61 Å². The number of fused-ring (bicyclic) bond motifs is 1. The molecule has 16 heavy (non-hydrogen) atoms. The maximum absolute atomic E-state index is 5.71. The number of halogens is 2. The van der Waals surface area contributed by atoms with E-state index in [0.717, 1.165) is 25.2 Å². The third-order valence-corrected chi connectivity index (χ3v) is 4.56. The van der Waals surface area contributed by atoms with Crippen molar-refractivity contribution in [2.45, 2.75) is 37.4 Å². The molecule has 1 heterocycles. The fourth-order valence-corrected chi connectivity index (χ4v) is 2.83. The van der Waals surface area contributed by atoms with Crippen molar-refractivity contribution in [3.8, 4) is 5.75 Å². The third kappa shape index (κ3) is 2.80. The van der Waals surface area contributed by atoms with Crippen LogP contribution in [0.3, 0.4) is 0 Å². The van der Waals surface area contributed by atoms with Gasteiger partial charge in [-0.1, -0.05) is 38.8 Å². The molecule has 0 bridgehead atoms. The molecule has 0 N–H and O–H groups in total. The predicted molar refractivity (Wildman–Crippen MR) is 74.7 cm³/mol. The van der Waals surface area contributed by atoms with Gasteiger partial charge >= 0.3 is 0 Å². The van der Waals surface area contributed by atoms with Crippen molar-refractivity contribution >= 4 is 31.9 Å². The number of benzene rings is 1. The highest BCUT2D eigenvalue weighted by Gasteiger charge is 2.17. The third-order valence-electron chi connectivity index (χ3n) is 3.00. The highest BCUT2D eigenvalue weighted by atomic mass is 79.9. The molecular weight excluding hydrogens is 332 g/mol. The summed E-state index contributed by atoms with van der Waals surface area (Å²) in [7, 11) is 0. The van der Waals surface area contributed by atoms with Crippen molar-refractivity contribution in [3.63, 3.8) is 0 Å². The summed E-state index contributed by atoms with van der Waals surface area (Å²) in [5, 5.41) is 0. The Morgan fingerprint density at radius 3 is 3.00 bits per heavy atom. The van der Waals surface area contributed by atoms with E-state index in [1.54, 1.807) is 0 Å². The molecule has 1 nitrogen and oxygen atoms in total. The van der Waals surface area contributed by atoms with Gasteiger partial charge in [0, 0.05) is 15.7 Å². The van der Waals surface area contributed by atoms with E-state index in [4.69, 9.17) is 4.74 Å². The zero-order valence-electron chi connectivity index (χ0n) is 9.43. The summed E-state index contributed by atoms with van der Waals surface area (Å²) in [4.78, 5) is 0.614. The molecule has 0 fully saturated rings. The van der Waals surface area contributed by atoms with Crippen LogP contribution in [0.25, 0.3) is 0 Å². The van der Waals surface area contributed by atoms with E-state index in [2.05, 4.69) is 50.9 Å². The maximum Gasteiger partial charge on any atom is 0.125 e. The van der Waals surface area contributed by atoms with Gasteiger partial charge in [-0.25, -0.2) is 0 Å². The molecule has 0 spiro atoms. The lowest BCUT2D eigenvalue weighted by molar-refractivity contribution is 0.353. The standard InChI is InChI=1S/C13H16Br2O/c1-2-11(14)4-3-9-7-12(15)8-10-5-6-16-13(9)10/h7-8,11H,2-6H2,1H3. The first-order valence-corrected chi connectivity index (χ1v) is 7.49. The molecule has 1 aromatic carbocycles. The van der Waals surface area contributed by atoms with Crippen molar-refractivity contribution in [2.75, 3.05) is 6.61 Å². The Morgan fingerprint density at radius 2 is 2.25 bits per heavy atom. The number of aryl methyl sites for hydroxylation is 1. The van der Waals surface area contributed by atoms with E-state index in [1.807, 2.05) is 0 Å². The van der Waals surface area contributed by atoms with Crippen molar-refractivity contribution in [2.24, 2.45) is 0 Å². The molecule has 0 radical (unpaired) electrons. The van der Waals surface area contributed by atoms with Crippen LogP contribution in [-0.2, 0) is 12.8 Å². The smallest absolute Gasteiger partial charge is 0.125 e. The summed E-state index contributed by atoms with van der Waals surface area (Å²) in [6.45, 7) is 3.05. The van der Waals surface area contributed by atoms with E-state index >= 15 is 0 Å². The summed E-state index contributed by atoms with van der Waals surface area (Å²) in [6.07, 6.45) is 4.48. The monoisotopic (exact) mass is 346 g/mol. The Labute approximate surface area is 114 Å². The van der Waals surface area contributed by atoms with Gasteiger partial charge in [-0.2, -0.15) is 0 Å². The van der Waals surface area contributed by atoms with Gasteiger partial charge in [0.25, 0.3) is 0 Å². The summed E-state index contributed by atoms with van der Waals surface area (Å²) in [6, 6.07) is 4.37. The molecule has 88 valence electrons. The first kappa shape index (κ1) is 12.4. The Morgan fingerprint density at radius 1 is 1.44 bits per heavy atom. The first-order chi connectivity index (χ1) is 7.70. The molecule has 2 rings (SSSR count). The number of hydrogen-bond acceptors (Lipinski definition) is 1. The van der Waals surface area contributed by atoms with Crippen LogP contribution in [-0.4, -0.2) is 11.4 Å². The second kappa shape index (κ2) is 5.54. The zero-order chi connectivity index (χ0) is 11.5. The molecule has 0 saturated carbocycles. The molecule has 1 atom stereocenters. The number of ether oxygens (including phenoxy) is 1. The predicted octanol–water partition coefficient (Wildman–Crippen LogP) is 4.49. The topological polar surface area (TPSA) is 9.23 Å². The van der Waals surface area contributed by atoms with Gasteiger partial charge < -0.3 is 4.74 Å². The van der Waals surface area contributed by atoms with Crippen molar-refractivity contribution in [1.29, 1.82) is 0 Å². The normalized spacial score (nSPS) is 15.7. The molecule has 1 aliphatic heterocycles. The number of rotatable bonds is 4. The van der Waals surface area contributed by atoms with Crippen LogP contribution in [0.15, 0.2) is 16.6 Å². The molecule has 1 unspecified atom stereocenters. The second-order valence-corrected chi connectivity index (χ2v) is 6.41. The fraction of sp³-hybridized carbons (Fsp3) is 0.538. The van der Waals surface area contributed by atoms with Gasteiger partial charge in [0.2, 0.25) is 0 Å². The summed E-state index contributed by atoms with van der Waals surface area (Å²) < 4.78 is 6.89. The van der Waals surface area contributed by atoms with Gasteiger partial charge in [-0.3, -0.25) is 0 Å². The first-order valence-electron chi connectivity index (χ1n) is 5.79. The van der Waals surface area contributed by atoms with E-state index in [1.165, 1.54) is 28.4 Å². The molecular formula is C13H16Br2O. The van der Waals surface area contributed by atoms with Crippen LogP contribution in [0.4, 0.5) is 0 Å². The minimum Gasteiger partial charge on any atom is -0.493 e. The van der Waals surface area contributed by atoms with Crippen LogP contribution in [0.2, 0.25) is 0 Å². The van der Waals surface area contributed by atoms with Crippen molar-refractivity contribution in [1.82, 2.24) is 0 Å². The Balaban J connectivity index is 2.14. The lowest BCUT2D eigenvalue weighted by atomic mass is 10.0. The van der Waals surface area contributed by atoms with Crippen LogP contribution < -0.4 is 4.74 Å². The average molecular weight is 348 g/mol. The summed E-state index contributed by atoms with van der Waals surface area (Å²) >= 11 is 7.25. The number of hydrogen-bond donors (Lipinski definition) is 0. The molecule has 1 aromatic rings. The highest BCUT2D eigenvalue weighted by Crippen LogP contribution is 2.34. The van der Waals surface area contributed by atoms with Crippen LogP contribution in [0.1, 0.15) is 30.9 Å². The molecule has 1 aliphatic rings. The fourth-order valence-electron chi connectivity index (χ4n) is 2.05. The Kier molecular flexibility index (Phi) is 4.31. The van der Waals surface area contributed by atoms with Gasteiger partial charge in [0.15, 0.2) is 0 Å². The quantitative estimate of drug-likeness (QED) is 0.729. The lowest BCUT2D eigenvalue weighted by Crippen LogP contribution is -1.99. The van der Waals surface area contributed by atoms with E-state index in [9.17, 15) is 0 Å². The van der Waals surface area contributed by atoms with E-state index < -0.39 is 0 Å². The van der Waals surface area contributed by atoms with Gasteiger partial charge in [0.1, 0.15) is 5.75 Å². The number of alkyl halides is 1. The SMILES string of the molecule is CCC(Br)CCc1cc(Br)cc2c1OCC2. The Hall–Kier alpha value is -0.0200. The van der Waals surface area contributed by atoms with Crippen molar-refractivity contribution in [3.05, 3.63) is 27.7 Å². The Bertz CT molecular complexity index is 376. The van der Waals surface area contributed by atoms with E-state index in [-0.39, 0.29) is 0 Å². The highest BCUT2D eigenvalue weighted by molar-refractivity contribution is 9.10. The molecule has 0 aliphatic carbocycles. The van der Waals surface area contributed by atoms with Crippen LogP contribution in [0, 0.1) is 0 Å². The molecule has 0 saturated heterocycles.